The summed E-state index contributed by atoms with van der Waals surface area (Å²) in [5.41, 5.74) is -2.53. The molecule has 0 amide bonds. The molecule has 0 aliphatic carbocycles. The van der Waals surface area contributed by atoms with Crippen molar-refractivity contribution in [1.29, 1.82) is 0 Å². The van der Waals surface area contributed by atoms with Crippen molar-refractivity contribution in [2.45, 2.75) is 26.5 Å². The van der Waals surface area contributed by atoms with Gasteiger partial charge in [0.1, 0.15) is 17.4 Å². The number of halogens is 5. The van der Waals surface area contributed by atoms with Gasteiger partial charge in [0.15, 0.2) is 23.3 Å². The summed E-state index contributed by atoms with van der Waals surface area (Å²) in [4.78, 5) is 24.1. The Bertz CT molecular complexity index is 695. The first-order valence-electron chi connectivity index (χ1n) is 7.04. The molecule has 10 heteroatoms. The second-order valence-electron chi connectivity index (χ2n) is 4.64. The number of esters is 1. The lowest BCUT2D eigenvalue weighted by Crippen LogP contribution is -2.27. The van der Waals surface area contributed by atoms with Gasteiger partial charge in [0, 0.05) is 6.20 Å². The smallest absolute Gasteiger partial charge is 0.343 e. The molecule has 0 aromatic heterocycles. The first-order valence-corrected chi connectivity index (χ1v) is 7.84. The minimum absolute atomic E-state index is 0.172. The predicted octanol–water partition coefficient (Wildman–Crippen LogP) is 2.95. The molecule has 5 nitrogen and oxygen atoms in total. The van der Waals surface area contributed by atoms with Gasteiger partial charge in [-0.25, -0.2) is 22.4 Å². The largest absolute Gasteiger partial charge is 0.462 e. The van der Waals surface area contributed by atoms with Crippen molar-refractivity contribution in [3.63, 3.8) is 0 Å². The number of carbonyl (C=O) groups is 2. The van der Waals surface area contributed by atoms with Crippen LogP contribution in [0.3, 0.4) is 0 Å². The third kappa shape index (κ3) is 4.57. The quantitative estimate of drug-likeness (QED) is 0.0804. The summed E-state index contributed by atoms with van der Waals surface area (Å²) in [6.07, 6.45) is -0.332. The number of carbonyl (C=O) groups excluding carboxylic acids is 2. The molecule has 0 aliphatic heterocycles. The molecule has 0 aliphatic rings. The molecule has 0 saturated carbocycles. The number of nitrogens with one attached hydrogen (secondary N) is 1. The van der Waals surface area contributed by atoms with Crippen LogP contribution in [0.15, 0.2) is 16.2 Å². The number of rotatable bonds is 7. The van der Waals surface area contributed by atoms with Crippen LogP contribution in [0, 0.1) is 23.3 Å². The van der Waals surface area contributed by atoms with Crippen LogP contribution in [0.2, 0.25) is 0 Å². The fourth-order valence-corrected chi connectivity index (χ4v) is 2.01. The van der Waals surface area contributed by atoms with Crippen LogP contribution >= 0.6 is 15.9 Å². The zero-order valence-electron chi connectivity index (χ0n) is 13.1. The van der Waals surface area contributed by atoms with Crippen molar-refractivity contribution in [2.75, 3.05) is 6.61 Å². The van der Waals surface area contributed by atoms with E-state index in [9.17, 15) is 32.3 Å². The maximum atomic E-state index is 13.9. The first kappa shape index (κ1) is 21.1. The summed E-state index contributed by atoms with van der Waals surface area (Å²) in [5, 5.41) is 11.6. The van der Waals surface area contributed by atoms with Gasteiger partial charge in [-0.05, 0) is 29.3 Å². The zero-order chi connectivity index (χ0) is 19.3. The molecule has 0 radical (unpaired) electrons. The Morgan fingerprint density at radius 2 is 1.68 bits per heavy atom. The standard InChI is InChI=1S/C15H14BrF4NO4/c1-3-7(22)21-5-6(15(24)25-4-2)14(23)8-10(17)12(19)9(16)13(20)11(8)18/h5,7,21-22H,3-4H2,1-2H3. The third-order valence-electron chi connectivity index (χ3n) is 2.98. The van der Waals surface area contributed by atoms with Crippen LogP contribution in [0.4, 0.5) is 17.6 Å². The number of Topliss-reactive ketones (excluding diaryl/α,β-unsaturated/α-hetero) is 1. The molecule has 1 atom stereocenters. The van der Waals surface area contributed by atoms with E-state index in [0.29, 0.717) is 6.20 Å². The first-order chi connectivity index (χ1) is 11.7. The topological polar surface area (TPSA) is 75.6 Å². The highest BCUT2D eigenvalue weighted by Gasteiger charge is 2.32. The van der Waals surface area contributed by atoms with E-state index >= 15 is 0 Å². The van der Waals surface area contributed by atoms with Crippen molar-refractivity contribution < 1.29 is 37.0 Å². The van der Waals surface area contributed by atoms with Crippen LogP contribution < -0.4 is 5.32 Å². The Balaban J connectivity index is 3.47. The molecule has 138 valence electrons. The predicted molar refractivity (Wildman–Crippen MR) is 82.5 cm³/mol. The number of aliphatic hydroxyl groups is 1. The van der Waals surface area contributed by atoms with Gasteiger partial charge in [-0.15, -0.1) is 0 Å². The van der Waals surface area contributed by atoms with Gasteiger partial charge in [0.25, 0.3) is 0 Å². The van der Waals surface area contributed by atoms with Gasteiger partial charge in [-0.3, -0.25) is 4.79 Å². The highest BCUT2D eigenvalue weighted by atomic mass is 79.9. The van der Waals surface area contributed by atoms with E-state index in [1.165, 1.54) is 6.92 Å². The van der Waals surface area contributed by atoms with Crippen LogP contribution in [0.5, 0.6) is 0 Å². The Hall–Kier alpha value is -1.94. The third-order valence-corrected chi connectivity index (χ3v) is 3.68. The van der Waals surface area contributed by atoms with Gasteiger partial charge in [0.05, 0.1) is 11.1 Å². The van der Waals surface area contributed by atoms with Crippen molar-refractivity contribution in [2.24, 2.45) is 0 Å². The van der Waals surface area contributed by atoms with E-state index < -0.39 is 56.9 Å². The average molecular weight is 428 g/mol. The molecule has 0 spiro atoms. The normalized spacial score (nSPS) is 12.7. The van der Waals surface area contributed by atoms with Crippen molar-refractivity contribution in [1.82, 2.24) is 5.32 Å². The summed E-state index contributed by atoms with van der Waals surface area (Å²) in [6, 6.07) is 0. The van der Waals surface area contributed by atoms with Crippen LogP contribution in [0.1, 0.15) is 30.6 Å². The Morgan fingerprint density at radius 1 is 1.16 bits per heavy atom. The lowest BCUT2D eigenvalue weighted by atomic mass is 10.0. The summed E-state index contributed by atoms with van der Waals surface area (Å²) >= 11 is 2.32. The van der Waals surface area contributed by atoms with E-state index in [2.05, 4.69) is 26.0 Å². The fraction of sp³-hybridized carbons (Fsp3) is 0.333. The lowest BCUT2D eigenvalue weighted by molar-refractivity contribution is -0.138. The molecule has 1 rings (SSSR count). The number of hydrogen-bond acceptors (Lipinski definition) is 5. The van der Waals surface area contributed by atoms with Crippen molar-refractivity contribution in [3.05, 3.63) is 45.1 Å². The highest BCUT2D eigenvalue weighted by Crippen LogP contribution is 2.29. The molecule has 1 aromatic carbocycles. The van der Waals surface area contributed by atoms with Gasteiger partial charge in [0.2, 0.25) is 5.78 Å². The maximum Gasteiger partial charge on any atom is 0.343 e. The molecule has 1 aromatic rings. The number of benzene rings is 1. The molecule has 2 N–H and O–H groups in total. The van der Waals surface area contributed by atoms with Crippen LogP contribution in [0.25, 0.3) is 0 Å². The van der Waals surface area contributed by atoms with Crippen molar-refractivity contribution >= 4 is 27.7 Å². The monoisotopic (exact) mass is 427 g/mol. The van der Waals surface area contributed by atoms with Crippen LogP contribution in [-0.4, -0.2) is 29.7 Å². The van der Waals surface area contributed by atoms with Crippen LogP contribution in [-0.2, 0) is 9.53 Å². The second kappa shape index (κ2) is 8.95. The molecule has 0 heterocycles. The maximum absolute atomic E-state index is 13.9. The summed E-state index contributed by atoms with van der Waals surface area (Å²) in [5.74, 6) is -10.5. The van der Waals surface area contributed by atoms with Gasteiger partial charge in [-0.1, -0.05) is 6.92 Å². The van der Waals surface area contributed by atoms with E-state index in [4.69, 9.17) is 0 Å². The van der Waals surface area contributed by atoms with E-state index in [1.54, 1.807) is 6.92 Å². The molecular formula is C15H14BrF4NO4. The summed E-state index contributed by atoms with van der Waals surface area (Å²) < 4.78 is 58.6. The summed E-state index contributed by atoms with van der Waals surface area (Å²) in [7, 11) is 0. The van der Waals surface area contributed by atoms with Gasteiger partial charge < -0.3 is 15.2 Å². The lowest BCUT2D eigenvalue weighted by Gasteiger charge is -2.12. The second-order valence-corrected chi connectivity index (χ2v) is 5.44. The Morgan fingerprint density at radius 3 is 2.12 bits per heavy atom. The van der Waals surface area contributed by atoms with E-state index in [0.717, 1.165) is 0 Å². The van der Waals surface area contributed by atoms with Crippen molar-refractivity contribution in [3.8, 4) is 0 Å². The van der Waals surface area contributed by atoms with Gasteiger partial charge >= 0.3 is 5.97 Å². The SMILES string of the molecule is CCOC(=O)C(=CNC(O)CC)C(=O)c1c(F)c(F)c(Br)c(F)c1F. The summed E-state index contributed by atoms with van der Waals surface area (Å²) in [6.45, 7) is 2.80. The van der Waals surface area contributed by atoms with E-state index in [-0.39, 0.29) is 13.0 Å². The minimum Gasteiger partial charge on any atom is -0.462 e. The number of aliphatic hydroxyl groups excluding tert-OH is 1. The molecule has 1 unspecified atom stereocenters. The molecule has 25 heavy (non-hydrogen) atoms. The number of ketones is 1. The molecule has 0 saturated heterocycles. The minimum atomic E-state index is -1.97. The average Bonchev–Trinajstić information content (AvgIpc) is 2.58. The molecule has 0 fully saturated rings. The Labute approximate surface area is 148 Å². The fourth-order valence-electron chi connectivity index (χ4n) is 1.66. The van der Waals surface area contributed by atoms with Gasteiger partial charge in [-0.2, -0.15) is 0 Å². The highest BCUT2D eigenvalue weighted by molar-refractivity contribution is 9.10. The zero-order valence-corrected chi connectivity index (χ0v) is 14.7. The van der Waals surface area contributed by atoms with E-state index in [1.807, 2.05) is 0 Å². The Kier molecular flexibility index (Phi) is 7.56. The molecule has 0 bridgehead atoms. The number of hydrogen-bond donors (Lipinski definition) is 2. The molecular weight excluding hydrogens is 414 g/mol. The number of ether oxygens (including phenoxy) is 1.